The van der Waals surface area contributed by atoms with E-state index in [4.69, 9.17) is 9.26 Å². The standard InChI is InChI=1S/C15H23N3O4/c1-9(2)12-11(10(3)22-17-12)13(19)18-6-7-21-15(4,8-18)14(20)16-5/h9H,6-8H2,1-5H3,(H,16,20)/t15-/m0/s1. The summed E-state index contributed by atoms with van der Waals surface area (Å²) in [5.41, 5.74) is 0.109. The van der Waals surface area contributed by atoms with Gasteiger partial charge in [-0.25, -0.2) is 0 Å². The Morgan fingerprint density at radius 3 is 2.68 bits per heavy atom. The van der Waals surface area contributed by atoms with E-state index in [2.05, 4.69) is 10.5 Å². The number of ether oxygens (including phenoxy) is 1. The average Bonchev–Trinajstić information content (AvgIpc) is 2.87. The molecule has 0 saturated carbocycles. The summed E-state index contributed by atoms with van der Waals surface area (Å²) < 4.78 is 10.8. The van der Waals surface area contributed by atoms with Crippen LogP contribution in [0.4, 0.5) is 0 Å². The van der Waals surface area contributed by atoms with Gasteiger partial charge in [-0.05, 0) is 19.8 Å². The lowest BCUT2D eigenvalue weighted by Crippen LogP contribution is -2.58. The molecule has 1 aromatic heterocycles. The Bertz CT molecular complexity index is 581. The van der Waals surface area contributed by atoms with Crippen molar-refractivity contribution in [2.24, 2.45) is 0 Å². The number of carbonyl (C=O) groups excluding carboxylic acids is 2. The Morgan fingerprint density at radius 2 is 2.09 bits per heavy atom. The number of nitrogens with one attached hydrogen (secondary N) is 1. The van der Waals surface area contributed by atoms with Crippen LogP contribution in [-0.2, 0) is 9.53 Å². The number of rotatable bonds is 3. The molecule has 0 bridgehead atoms. The minimum absolute atomic E-state index is 0.0859. The van der Waals surface area contributed by atoms with Crippen molar-refractivity contribution >= 4 is 11.8 Å². The van der Waals surface area contributed by atoms with Crippen molar-refractivity contribution in [3.8, 4) is 0 Å². The van der Waals surface area contributed by atoms with Gasteiger partial charge in [-0.2, -0.15) is 0 Å². The van der Waals surface area contributed by atoms with Crippen LogP contribution < -0.4 is 5.32 Å². The fourth-order valence-electron chi connectivity index (χ4n) is 2.65. The third-order valence-electron chi connectivity index (χ3n) is 3.92. The van der Waals surface area contributed by atoms with E-state index >= 15 is 0 Å². The van der Waals surface area contributed by atoms with Gasteiger partial charge in [0, 0.05) is 13.6 Å². The lowest BCUT2D eigenvalue weighted by molar-refractivity contribution is -0.153. The molecule has 2 rings (SSSR count). The second-order valence-corrected chi connectivity index (χ2v) is 6.04. The molecule has 0 unspecified atom stereocenters. The van der Waals surface area contributed by atoms with Crippen molar-refractivity contribution in [3.05, 3.63) is 17.0 Å². The number of aromatic nitrogens is 1. The summed E-state index contributed by atoms with van der Waals surface area (Å²) in [7, 11) is 1.55. The first-order valence-electron chi connectivity index (χ1n) is 7.41. The number of nitrogens with zero attached hydrogens (tertiary/aromatic N) is 2. The molecule has 1 N–H and O–H groups in total. The van der Waals surface area contributed by atoms with Crippen LogP contribution in [0.25, 0.3) is 0 Å². The minimum atomic E-state index is -1.04. The molecule has 0 radical (unpaired) electrons. The second kappa shape index (κ2) is 6.08. The van der Waals surface area contributed by atoms with Crippen LogP contribution in [0.1, 0.15) is 48.5 Å². The molecule has 1 aliphatic rings. The van der Waals surface area contributed by atoms with E-state index in [0.717, 1.165) is 0 Å². The maximum absolute atomic E-state index is 12.8. The molecule has 1 fully saturated rings. The highest BCUT2D eigenvalue weighted by Crippen LogP contribution is 2.25. The number of hydrogen-bond acceptors (Lipinski definition) is 5. The summed E-state index contributed by atoms with van der Waals surface area (Å²) in [6.45, 7) is 8.29. The number of amides is 2. The zero-order valence-electron chi connectivity index (χ0n) is 13.7. The van der Waals surface area contributed by atoms with Gasteiger partial charge in [0.15, 0.2) is 5.60 Å². The van der Waals surface area contributed by atoms with Gasteiger partial charge in [-0.15, -0.1) is 0 Å². The molecule has 0 aliphatic carbocycles. The highest BCUT2D eigenvalue weighted by Gasteiger charge is 2.41. The van der Waals surface area contributed by atoms with E-state index in [0.29, 0.717) is 30.2 Å². The Morgan fingerprint density at radius 1 is 1.41 bits per heavy atom. The van der Waals surface area contributed by atoms with Crippen LogP contribution >= 0.6 is 0 Å². The van der Waals surface area contributed by atoms with E-state index < -0.39 is 5.60 Å². The van der Waals surface area contributed by atoms with E-state index in [1.807, 2.05) is 13.8 Å². The van der Waals surface area contributed by atoms with E-state index in [9.17, 15) is 9.59 Å². The predicted molar refractivity (Wildman–Crippen MR) is 79.7 cm³/mol. The van der Waals surface area contributed by atoms with Crippen LogP contribution in [0, 0.1) is 6.92 Å². The first-order valence-corrected chi connectivity index (χ1v) is 7.41. The Labute approximate surface area is 130 Å². The molecular formula is C15H23N3O4. The van der Waals surface area contributed by atoms with Crippen molar-refractivity contribution < 1.29 is 18.8 Å². The molecule has 22 heavy (non-hydrogen) atoms. The maximum atomic E-state index is 12.8. The molecule has 1 aliphatic heterocycles. The molecule has 0 aromatic carbocycles. The minimum Gasteiger partial charge on any atom is -0.362 e. The second-order valence-electron chi connectivity index (χ2n) is 6.04. The van der Waals surface area contributed by atoms with Crippen molar-refractivity contribution in [2.75, 3.05) is 26.7 Å². The van der Waals surface area contributed by atoms with Gasteiger partial charge in [0.1, 0.15) is 11.3 Å². The number of hydrogen-bond donors (Lipinski definition) is 1. The van der Waals surface area contributed by atoms with Crippen molar-refractivity contribution in [2.45, 2.75) is 39.2 Å². The zero-order valence-corrected chi connectivity index (χ0v) is 13.7. The van der Waals surface area contributed by atoms with E-state index in [1.165, 1.54) is 0 Å². The molecule has 7 nitrogen and oxygen atoms in total. The lowest BCUT2D eigenvalue weighted by atomic mass is 10.00. The summed E-state index contributed by atoms with van der Waals surface area (Å²) in [4.78, 5) is 26.5. The molecule has 2 heterocycles. The molecule has 1 atom stereocenters. The van der Waals surface area contributed by atoms with Crippen molar-refractivity contribution in [1.29, 1.82) is 0 Å². The topological polar surface area (TPSA) is 84.7 Å². The van der Waals surface area contributed by atoms with Gasteiger partial charge < -0.3 is 19.5 Å². The van der Waals surface area contributed by atoms with Crippen molar-refractivity contribution in [1.82, 2.24) is 15.4 Å². The van der Waals surface area contributed by atoms with Gasteiger partial charge in [0.25, 0.3) is 11.8 Å². The fraction of sp³-hybridized carbons (Fsp3) is 0.667. The predicted octanol–water partition coefficient (Wildman–Crippen LogP) is 1.08. The highest BCUT2D eigenvalue weighted by atomic mass is 16.5. The molecular weight excluding hydrogens is 286 g/mol. The molecule has 2 amide bonds. The van der Waals surface area contributed by atoms with Gasteiger partial charge in [0.05, 0.1) is 18.8 Å². The summed E-state index contributed by atoms with van der Waals surface area (Å²) >= 11 is 0. The SMILES string of the molecule is CNC(=O)[C@]1(C)CN(C(=O)c2c(C(C)C)noc2C)CCO1. The average molecular weight is 309 g/mol. The number of likely N-dealkylation sites (N-methyl/N-ethyl adjacent to an activating group) is 1. The molecule has 122 valence electrons. The monoisotopic (exact) mass is 309 g/mol. The van der Waals surface area contributed by atoms with Crippen LogP contribution in [0.15, 0.2) is 4.52 Å². The molecule has 0 spiro atoms. The maximum Gasteiger partial charge on any atom is 0.259 e. The van der Waals surface area contributed by atoms with E-state index in [1.54, 1.807) is 25.8 Å². The van der Waals surface area contributed by atoms with Gasteiger partial charge >= 0.3 is 0 Å². The third kappa shape index (κ3) is 2.85. The van der Waals surface area contributed by atoms with Crippen molar-refractivity contribution in [3.63, 3.8) is 0 Å². The normalized spacial score (nSPS) is 22.0. The van der Waals surface area contributed by atoms with Crippen LogP contribution in [0.5, 0.6) is 0 Å². The van der Waals surface area contributed by atoms with Gasteiger partial charge in [-0.3, -0.25) is 9.59 Å². The van der Waals surface area contributed by atoms with Crippen LogP contribution in [-0.4, -0.2) is 54.2 Å². The van der Waals surface area contributed by atoms with Gasteiger partial charge in [-0.1, -0.05) is 19.0 Å². The Balaban J connectivity index is 2.27. The van der Waals surface area contributed by atoms with Gasteiger partial charge in [0.2, 0.25) is 0 Å². The fourth-order valence-corrected chi connectivity index (χ4v) is 2.65. The summed E-state index contributed by atoms with van der Waals surface area (Å²) in [5.74, 6) is 0.182. The molecule has 1 aromatic rings. The summed E-state index contributed by atoms with van der Waals surface area (Å²) in [6.07, 6.45) is 0. The Hall–Kier alpha value is -1.89. The zero-order chi connectivity index (χ0) is 16.5. The first kappa shape index (κ1) is 16.5. The number of carbonyl (C=O) groups is 2. The van der Waals surface area contributed by atoms with Crippen LogP contribution in [0.3, 0.4) is 0 Å². The largest absolute Gasteiger partial charge is 0.362 e. The Kier molecular flexibility index (Phi) is 4.55. The summed E-state index contributed by atoms with van der Waals surface area (Å²) in [6, 6.07) is 0. The smallest absolute Gasteiger partial charge is 0.259 e. The first-order chi connectivity index (χ1) is 10.3. The van der Waals surface area contributed by atoms with E-state index in [-0.39, 0.29) is 24.3 Å². The third-order valence-corrected chi connectivity index (χ3v) is 3.92. The summed E-state index contributed by atoms with van der Waals surface area (Å²) in [5, 5.41) is 6.56. The number of aryl methyl sites for hydroxylation is 1. The number of morpholine rings is 1. The molecule has 7 heteroatoms. The van der Waals surface area contributed by atoms with Crippen LogP contribution in [0.2, 0.25) is 0 Å². The lowest BCUT2D eigenvalue weighted by Gasteiger charge is -2.39. The highest BCUT2D eigenvalue weighted by molar-refractivity contribution is 5.97. The quantitative estimate of drug-likeness (QED) is 0.903. The molecule has 1 saturated heterocycles.